The van der Waals surface area contributed by atoms with Crippen molar-refractivity contribution in [3.8, 4) is 0 Å². The molecule has 0 aliphatic heterocycles. The maximum atomic E-state index is 11.3. The van der Waals surface area contributed by atoms with Crippen LogP contribution in [0.25, 0.3) is 0 Å². The van der Waals surface area contributed by atoms with E-state index in [2.05, 4.69) is 6.92 Å². The van der Waals surface area contributed by atoms with Crippen molar-refractivity contribution in [2.75, 3.05) is 0 Å². The Morgan fingerprint density at radius 3 is 1.52 bits per heavy atom. The van der Waals surface area contributed by atoms with E-state index in [1.807, 2.05) is 13.0 Å². The van der Waals surface area contributed by atoms with Crippen molar-refractivity contribution in [1.29, 1.82) is 0 Å². The van der Waals surface area contributed by atoms with Gasteiger partial charge in [-0.2, -0.15) is 0 Å². The van der Waals surface area contributed by atoms with Crippen LogP contribution in [0.2, 0.25) is 0 Å². The monoisotopic (exact) mass is 432 g/mol. The Morgan fingerprint density at radius 2 is 1.10 bits per heavy atom. The molecule has 0 saturated heterocycles. The van der Waals surface area contributed by atoms with Crippen LogP contribution in [0.3, 0.4) is 0 Å². The third-order valence-corrected chi connectivity index (χ3v) is 6.90. The zero-order valence-corrected chi connectivity index (χ0v) is 22.2. The average Bonchev–Trinajstić information content (AvgIpc) is 2.64. The van der Waals surface area contributed by atoms with Crippen molar-refractivity contribution in [2.45, 2.75) is 122 Å². The smallest absolute Gasteiger partial charge is 0.744 e. The molecule has 0 aromatic heterocycles. The predicted octanol–water partition coefficient (Wildman–Crippen LogP) is 4.24. The second kappa shape index (κ2) is 16.8. The van der Waals surface area contributed by atoms with Gasteiger partial charge in [-0.25, -0.2) is 8.42 Å². The summed E-state index contributed by atoms with van der Waals surface area (Å²) in [5, 5.41) is 0. The number of hydrogen-bond donors (Lipinski definition) is 0. The molecule has 0 spiro atoms. The molecule has 162 valence electrons. The maximum absolute atomic E-state index is 11.3. The summed E-state index contributed by atoms with van der Waals surface area (Å²) in [4.78, 5) is -0.0743. The standard InChI is InChI=1S/C24H42O3S.Na/c1-4-5-6-7-8-9-10-11-12-13-14-15-16-17-18-23-19-20-24(28(25,26)27)22(3)21(23)2;/h19-20H,4-18H2,1-3H3,(H,25,26,27);/q;+1/p-1. The van der Waals surface area contributed by atoms with Gasteiger partial charge in [-0.3, -0.25) is 0 Å². The van der Waals surface area contributed by atoms with Crippen LogP contribution in [-0.4, -0.2) is 13.0 Å². The summed E-state index contributed by atoms with van der Waals surface area (Å²) in [5.41, 5.74) is 2.73. The van der Waals surface area contributed by atoms with Crippen molar-refractivity contribution in [2.24, 2.45) is 0 Å². The van der Waals surface area contributed by atoms with E-state index in [4.69, 9.17) is 0 Å². The first-order chi connectivity index (χ1) is 13.4. The first-order valence-electron chi connectivity index (χ1n) is 11.4. The quantitative estimate of drug-likeness (QED) is 0.223. The van der Waals surface area contributed by atoms with E-state index in [1.165, 1.54) is 95.1 Å². The molecule has 0 unspecified atom stereocenters. The molecule has 0 fully saturated rings. The van der Waals surface area contributed by atoms with Gasteiger partial charge in [0.1, 0.15) is 10.1 Å². The molecule has 29 heavy (non-hydrogen) atoms. The molecule has 0 radical (unpaired) electrons. The average molecular weight is 433 g/mol. The van der Waals surface area contributed by atoms with E-state index < -0.39 is 10.1 Å². The van der Waals surface area contributed by atoms with Crippen LogP contribution >= 0.6 is 0 Å². The second-order valence-corrected chi connectivity index (χ2v) is 9.62. The zero-order chi connectivity index (χ0) is 20.8. The number of hydrogen-bond acceptors (Lipinski definition) is 3. The Hall–Kier alpha value is 0.130. The van der Waals surface area contributed by atoms with E-state index in [0.29, 0.717) is 5.56 Å². The van der Waals surface area contributed by atoms with Gasteiger partial charge in [-0.05, 0) is 49.4 Å². The van der Waals surface area contributed by atoms with E-state index in [0.717, 1.165) is 18.4 Å². The van der Waals surface area contributed by atoms with Crippen LogP contribution in [0.1, 0.15) is 114 Å². The SMILES string of the molecule is CCCCCCCCCCCCCCCCc1ccc(S(=O)(=O)[O-])c(C)c1C.[Na+]. The van der Waals surface area contributed by atoms with Crippen LogP contribution < -0.4 is 29.6 Å². The molecular weight excluding hydrogens is 391 g/mol. The van der Waals surface area contributed by atoms with Crippen LogP contribution in [0, 0.1) is 13.8 Å². The Balaban J connectivity index is 0.00000784. The third-order valence-electron chi connectivity index (χ3n) is 5.92. The first-order valence-corrected chi connectivity index (χ1v) is 12.8. The Labute approximate surface area is 202 Å². The van der Waals surface area contributed by atoms with Crippen molar-refractivity contribution >= 4 is 10.1 Å². The van der Waals surface area contributed by atoms with Crippen molar-refractivity contribution in [3.05, 3.63) is 28.8 Å². The zero-order valence-electron chi connectivity index (χ0n) is 19.4. The summed E-state index contributed by atoms with van der Waals surface area (Å²) in [6.07, 6.45) is 19.8. The fourth-order valence-corrected chi connectivity index (χ4v) is 4.67. The van der Waals surface area contributed by atoms with Crippen molar-refractivity contribution in [1.82, 2.24) is 0 Å². The van der Waals surface area contributed by atoms with Crippen LogP contribution in [0.15, 0.2) is 17.0 Å². The Bertz CT molecular complexity index is 656. The summed E-state index contributed by atoms with van der Waals surface area (Å²) in [5.74, 6) is 0. The van der Waals surface area contributed by atoms with Gasteiger partial charge in [0.2, 0.25) is 0 Å². The number of benzene rings is 1. The molecule has 0 aliphatic carbocycles. The van der Waals surface area contributed by atoms with E-state index in [1.54, 1.807) is 6.92 Å². The van der Waals surface area contributed by atoms with Gasteiger partial charge in [0.05, 0.1) is 4.90 Å². The van der Waals surface area contributed by atoms with E-state index in [-0.39, 0.29) is 34.5 Å². The molecular formula is C24H41NaO3S. The van der Waals surface area contributed by atoms with Crippen molar-refractivity contribution < 1.29 is 42.5 Å². The minimum atomic E-state index is -4.37. The van der Waals surface area contributed by atoms with Gasteiger partial charge in [-0.15, -0.1) is 0 Å². The fourth-order valence-electron chi connectivity index (χ4n) is 3.90. The molecule has 1 rings (SSSR count). The van der Waals surface area contributed by atoms with Gasteiger partial charge in [-0.1, -0.05) is 96.5 Å². The summed E-state index contributed by atoms with van der Waals surface area (Å²) in [7, 11) is -4.37. The van der Waals surface area contributed by atoms with Gasteiger partial charge in [0, 0.05) is 0 Å². The largest absolute Gasteiger partial charge is 1.00 e. The van der Waals surface area contributed by atoms with Crippen LogP contribution in [0.5, 0.6) is 0 Å². The van der Waals surface area contributed by atoms with Gasteiger partial charge >= 0.3 is 29.6 Å². The van der Waals surface area contributed by atoms with Crippen LogP contribution in [-0.2, 0) is 16.5 Å². The molecule has 1 aromatic carbocycles. The third kappa shape index (κ3) is 12.5. The number of rotatable bonds is 16. The van der Waals surface area contributed by atoms with Crippen LogP contribution in [0.4, 0.5) is 0 Å². The molecule has 0 aliphatic rings. The molecule has 0 bridgehead atoms. The number of aryl methyl sites for hydroxylation is 1. The normalized spacial score (nSPS) is 11.4. The summed E-state index contributed by atoms with van der Waals surface area (Å²) >= 11 is 0. The Kier molecular flexibility index (Phi) is 16.9. The fraction of sp³-hybridized carbons (Fsp3) is 0.750. The molecule has 0 N–H and O–H groups in total. The molecule has 1 aromatic rings. The van der Waals surface area contributed by atoms with E-state index >= 15 is 0 Å². The molecule has 0 heterocycles. The minimum Gasteiger partial charge on any atom is -0.744 e. The Morgan fingerprint density at radius 1 is 0.690 bits per heavy atom. The molecule has 3 nitrogen and oxygen atoms in total. The van der Waals surface area contributed by atoms with Crippen molar-refractivity contribution in [3.63, 3.8) is 0 Å². The van der Waals surface area contributed by atoms with Gasteiger partial charge < -0.3 is 4.55 Å². The molecule has 5 heteroatoms. The molecule has 0 saturated carbocycles. The molecule has 0 amide bonds. The summed E-state index contributed by atoms with van der Waals surface area (Å²) in [6, 6.07) is 3.29. The molecule has 0 atom stereocenters. The van der Waals surface area contributed by atoms with Gasteiger partial charge in [0.15, 0.2) is 0 Å². The minimum absolute atomic E-state index is 0. The summed E-state index contributed by atoms with van der Waals surface area (Å²) < 4.78 is 33.8. The predicted molar refractivity (Wildman–Crippen MR) is 118 cm³/mol. The van der Waals surface area contributed by atoms with Gasteiger partial charge in [0.25, 0.3) is 0 Å². The first kappa shape index (κ1) is 29.1. The number of unbranched alkanes of at least 4 members (excludes halogenated alkanes) is 13. The topological polar surface area (TPSA) is 57.2 Å². The summed E-state index contributed by atoms with van der Waals surface area (Å²) in [6.45, 7) is 5.92. The van der Waals surface area contributed by atoms with E-state index in [9.17, 15) is 13.0 Å². The second-order valence-electron chi connectivity index (χ2n) is 8.27. The maximum Gasteiger partial charge on any atom is 1.00 e.